The van der Waals surface area contributed by atoms with Gasteiger partial charge in [0.2, 0.25) is 0 Å². The van der Waals surface area contributed by atoms with E-state index in [2.05, 4.69) is 20.9 Å². The largest absolute Gasteiger partial charge is 0.333 e. The van der Waals surface area contributed by atoms with E-state index in [9.17, 15) is 12.3 Å². The van der Waals surface area contributed by atoms with E-state index in [1.165, 1.54) is 6.07 Å². The van der Waals surface area contributed by atoms with E-state index in [1.807, 2.05) is 0 Å². The molecule has 0 saturated carbocycles. The molecule has 66 valence electrons. The topological polar surface area (TPSA) is 47.0 Å². The third-order valence-corrected chi connectivity index (χ3v) is 2.87. The van der Waals surface area contributed by atoms with Crippen molar-refractivity contribution < 1.29 is 12.3 Å². The summed E-state index contributed by atoms with van der Waals surface area (Å²) >= 11 is 3.04. The van der Waals surface area contributed by atoms with Crippen LogP contribution in [0.25, 0.3) is 0 Å². The van der Waals surface area contributed by atoms with Gasteiger partial charge in [-0.3, -0.25) is 4.98 Å². The Labute approximate surface area is 78.0 Å². The van der Waals surface area contributed by atoms with Gasteiger partial charge in [-0.1, -0.05) is 0 Å². The smallest absolute Gasteiger partial charge is 0.259 e. The summed E-state index contributed by atoms with van der Waals surface area (Å²) in [6, 6.07) is 1.18. The third-order valence-electron chi connectivity index (χ3n) is 1.28. The van der Waals surface area contributed by atoms with Gasteiger partial charge < -0.3 is 0 Å². The van der Waals surface area contributed by atoms with Crippen molar-refractivity contribution in [2.75, 3.05) is 0 Å². The summed E-state index contributed by atoms with van der Waals surface area (Å²) in [6.45, 7) is 1.68. The quantitative estimate of drug-likeness (QED) is 0.718. The van der Waals surface area contributed by atoms with Crippen molar-refractivity contribution in [3.8, 4) is 0 Å². The van der Waals surface area contributed by atoms with E-state index in [0.29, 0.717) is 10.2 Å². The summed E-state index contributed by atoms with van der Waals surface area (Å²) in [7, 11) is -4.63. The molecule has 0 radical (unpaired) electrons. The molecule has 1 aromatic rings. The Bertz CT molecular complexity index is 404. The lowest BCUT2D eigenvalue weighted by Gasteiger charge is -1.97. The minimum absolute atomic E-state index is 0.431. The molecule has 12 heavy (non-hydrogen) atoms. The zero-order valence-electron chi connectivity index (χ0n) is 6.08. The molecule has 0 atom stereocenters. The normalized spacial score (nSPS) is 11.6. The number of aryl methyl sites for hydroxylation is 1. The Hall–Kier alpha value is -0.490. The molecule has 6 heteroatoms. The molecular formula is C6H5BrFNO2S. The van der Waals surface area contributed by atoms with Gasteiger partial charge in [0.1, 0.15) is 4.90 Å². The molecular weight excluding hydrogens is 249 g/mol. The second-order valence-corrected chi connectivity index (χ2v) is 4.38. The van der Waals surface area contributed by atoms with Crippen molar-refractivity contribution in [1.29, 1.82) is 0 Å². The van der Waals surface area contributed by atoms with Crippen LogP contribution in [0.2, 0.25) is 0 Å². The summed E-state index contributed by atoms with van der Waals surface area (Å²) in [6.07, 6.45) is 0.982. The third kappa shape index (κ3) is 2.01. The molecule has 0 amide bonds. The summed E-state index contributed by atoms with van der Waals surface area (Å²) in [5, 5.41) is 0. The average molecular weight is 254 g/mol. The maximum atomic E-state index is 12.3. The molecule has 3 nitrogen and oxygen atoms in total. The van der Waals surface area contributed by atoms with Crippen LogP contribution >= 0.6 is 15.9 Å². The summed E-state index contributed by atoms with van der Waals surface area (Å²) in [5.74, 6) is 0. The Balaban J connectivity index is 3.33. The van der Waals surface area contributed by atoms with E-state index in [0.717, 1.165) is 6.20 Å². The highest BCUT2D eigenvalue weighted by atomic mass is 79.9. The summed E-state index contributed by atoms with van der Waals surface area (Å²) in [5.41, 5.74) is 0.613. The number of aromatic nitrogens is 1. The van der Waals surface area contributed by atoms with Crippen LogP contribution < -0.4 is 0 Å². The molecule has 0 fully saturated rings. The van der Waals surface area contributed by atoms with Crippen molar-refractivity contribution >= 4 is 26.2 Å². The second-order valence-electron chi connectivity index (χ2n) is 2.18. The highest BCUT2D eigenvalue weighted by molar-refractivity contribution is 9.10. The average Bonchev–Trinajstić information content (AvgIpc) is 1.92. The van der Waals surface area contributed by atoms with E-state index in [-0.39, 0.29) is 0 Å². The van der Waals surface area contributed by atoms with Gasteiger partial charge in [-0.25, -0.2) is 0 Å². The van der Waals surface area contributed by atoms with Gasteiger partial charge in [-0.15, -0.1) is 3.89 Å². The lowest BCUT2D eigenvalue weighted by molar-refractivity contribution is 0.551. The number of hydrogen-bond acceptors (Lipinski definition) is 3. The Morgan fingerprint density at radius 1 is 1.58 bits per heavy atom. The lowest BCUT2D eigenvalue weighted by Crippen LogP contribution is -1.94. The van der Waals surface area contributed by atoms with Gasteiger partial charge in [0.25, 0.3) is 0 Å². The Morgan fingerprint density at radius 3 is 2.58 bits per heavy atom. The Kier molecular flexibility index (Phi) is 2.48. The van der Waals surface area contributed by atoms with Gasteiger partial charge in [-0.05, 0) is 28.9 Å². The fourth-order valence-electron chi connectivity index (χ4n) is 0.622. The van der Waals surface area contributed by atoms with E-state index in [4.69, 9.17) is 0 Å². The fraction of sp³-hybridized carbons (Fsp3) is 0.167. The standard InChI is InChI=1S/C6H5BrFNO2S/c1-4-6(7)2-5(3-9-4)12(8,10)11/h2-3H,1H3. The molecule has 1 rings (SSSR count). The predicted octanol–water partition coefficient (Wildman–Crippen LogP) is 1.81. The summed E-state index contributed by atoms with van der Waals surface area (Å²) in [4.78, 5) is 3.25. The monoisotopic (exact) mass is 253 g/mol. The minimum Gasteiger partial charge on any atom is -0.259 e. The van der Waals surface area contributed by atoms with Gasteiger partial charge in [0, 0.05) is 10.7 Å². The first-order chi connectivity index (χ1) is 5.41. The van der Waals surface area contributed by atoms with Crippen molar-refractivity contribution in [3.05, 3.63) is 22.4 Å². The zero-order valence-corrected chi connectivity index (χ0v) is 8.49. The van der Waals surface area contributed by atoms with Crippen LogP contribution in [0.5, 0.6) is 0 Å². The van der Waals surface area contributed by atoms with Crippen LogP contribution in [0.4, 0.5) is 3.89 Å². The molecule has 0 aliphatic rings. The first kappa shape index (κ1) is 9.60. The molecule has 0 spiro atoms. The molecule has 0 aliphatic heterocycles. The number of hydrogen-bond donors (Lipinski definition) is 0. The molecule has 0 N–H and O–H groups in total. The number of halogens is 2. The molecule has 0 aromatic carbocycles. The Morgan fingerprint density at radius 2 is 2.17 bits per heavy atom. The van der Waals surface area contributed by atoms with Crippen LogP contribution in [0.15, 0.2) is 21.6 Å². The zero-order chi connectivity index (χ0) is 9.35. The van der Waals surface area contributed by atoms with Crippen molar-refractivity contribution in [1.82, 2.24) is 4.98 Å². The lowest BCUT2D eigenvalue weighted by atomic mass is 10.4. The minimum atomic E-state index is -4.63. The van der Waals surface area contributed by atoms with Crippen molar-refractivity contribution in [3.63, 3.8) is 0 Å². The van der Waals surface area contributed by atoms with Gasteiger partial charge in [0.05, 0.1) is 5.69 Å². The van der Waals surface area contributed by atoms with Crippen LogP contribution in [-0.4, -0.2) is 13.4 Å². The highest BCUT2D eigenvalue weighted by Gasteiger charge is 2.13. The van der Waals surface area contributed by atoms with Crippen LogP contribution in [0.3, 0.4) is 0 Å². The van der Waals surface area contributed by atoms with Gasteiger partial charge in [0.15, 0.2) is 0 Å². The maximum Gasteiger partial charge on any atom is 0.333 e. The molecule has 0 bridgehead atoms. The molecule has 0 unspecified atom stereocenters. The first-order valence-corrected chi connectivity index (χ1v) is 5.16. The van der Waals surface area contributed by atoms with Crippen LogP contribution in [0, 0.1) is 6.92 Å². The molecule has 1 aromatic heterocycles. The first-order valence-electron chi connectivity index (χ1n) is 2.98. The highest BCUT2D eigenvalue weighted by Crippen LogP contribution is 2.19. The fourth-order valence-corrected chi connectivity index (χ4v) is 1.56. The SMILES string of the molecule is Cc1ncc(S(=O)(=O)F)cc1Br. The van der Waals surface area contributed by atoms with E-state index in [1.54, 1.807) is 6.92 Å². The summed E-state index contributed by atoms with van der Waals surface area (Å²) < 4.78 is 33.6. The van der Waals surface area contributed by atoms with Gasteiger partial charge in [-0.2, -0.15) is 8.42 Å². The van der Waals surface area contributed by atoms with E-state index < -0.39 is 15.1 Å². The van der Waals surface area contributed by atoms with Crippen molar-refractivity contribution in [2.24, 2.45) is 0 Å². The molecule has 0 saturated heterocycles. The number of pyridine rings is 1. The van der Waals surface area contributed by atoms with Gasteiger partial charge >= 0.3 is 10.2 Å². The predicted molar refractivity (Wildman–Crippen MR) is 45.0 cm³/mol. The van der Waals surface area contributed by atoms with E-state index >= 15 is 0 Å². The second kappa shape index (κ2) is 3.10. The molecule has 0 aliphatic carbocycles. The van der Waals surface area contributed by atoms with Crippen LogP contribution in [0.1, 0.15) is 5.69 Å². The van der Waals surface area contributed by atoms with Crippen molar-refractivity contribution in [2.45, 2.75) is 11.8 Å². The maximum absolute atomic E-state index is 12.3. The van der Waals surface area contributed by atoms with Crippen LogP contribution in [-0.2, 0) is 10.2 Å². The number of rotatable bonds is 1. The number of nitrogens with zero attached hydrogens (tertiary/aromatic N) is 1. The molecule has 1 heterocycles.